The second-order valence-electron chi connectivity index (χ2n) is 6.06. The van der Waals surface area contributed by atoms with Crippen LogP contribution in [0.15, 0.2) is 77.3 Å². The van der Waals surface area contributed by atoms with Crippen molar-refractivity contribution in [2.24, 2.45) is 0 Å². The lowest BCUT2D eigenvalue weighted by Gasteiger charge is -2.06. The van der Waals surface area contributed by atoms with E-state index in [1.54, 1.807) is 24.3 Å². The van der Waals surface area contributed by atoms with E-state index in [2.05, 4.69) is 5.16 Å². The van der Waals surface area contributed by atoms with Crippen LogP contribution in [0.1, 0.15) is 5.56 Å². The standard InChI is InChI=1S/C22H15F2NO3/c23-15-8-11-20(24)18(12-15)22-19(13-26)21(25-28-22)14-6-9-17(10-7-14)27-16-4-2-1-3-5-16/h1-12,26H,13H2. The van der Waals surface area contributed by atoms with Crippen LogP contribution in [0.4, 0.5) is 8.78 Å². The number of para-hydroxylation sites is 1. The molecule has 0 saturated carbocycles. The molecule has 6 heteroatoms. The molecule has 0 amide bonds. The van der Waals surface area contributed by atoms with Crippen molar-refractivity contribution < 1.29 is 23.1 Å². The smallest absolute Gasteiger partial charge is 0.176 e. The second-order valence-corrected chi connectivity index (χ2v) is 6.06. The molecular formula is C22H15F2NO3. The molecule has 1 heterocycles. The summed E-state index contributed by atoms with van der Waals surface area (Å²) in [4.78, 5) is 0. The zero-order valence-electron chi connectivity index (χ0n) is 14.6. The highest BCUT2D eigenvalue weighted by atomic mass is 19.1. The van der Waals surface area contributed by atoms with Crippen LogP contribution in [-0.2, 0) is 6.61 Å². The highest BCUT2D eigenvalue weighted by Crippen LogP contribution is 2.35. The maximum Gasteiger partial charge on any atom is 0.176 e. The third-order valence-corrected chi connectivity index (χ3v) is 4.23. The van der Waals surface area contributed by atoms with Crippen LogP contribution < -0.4 is 4.74 Å². The lowest BCUT2D eigenvalue weighted by Crippen LogP contribution is -1.92. The van der Waals surface area contributed by atoms with Gasteiger partial charge >= 0.3 is 0 Å². The van der Waals surface area contributed by atoms with Gasteiger partial charge in [-0.25, -0.2) is 8.78 Å². The fourth-order valence-corrected chi connectivity index (χ4v) is 2.87. The van der Waals surface area contributed by atoms with Crippen LogP contribution in [0.2, 0.25) is 0 Å². The average Bonchev–Trinajstić information content (AvgIpc) is 3.15. The number of halogens is 2. The summed E-state index contributed by atoms with van der Waals surface area (Å²) in [6, 6.07) is 19.4. The maximum absolute atomic E-state index is 14.1. The van der Waals surface area contributed by atoms with Crippen LogP contribution >= 0.6 is 0 Å². The zero-order valence-corrected chi connectivity index (χ0v) is 14.6. The number of rotatable bonds is 5. The van der Waals surface area contributed by atoms with E-state index < -0.39 is 18.2 Å². The number of aromatic nitrogens is 1. The molecule has 140 valence electrons. The van der Waals surface area contributed by atoms with Crippen molar-refractivity contribution in [3.8, 4) is 34.1 Å². The van der Waals surface area contributed by atoms with Crippen molar-refractivity contribution in [1.82, 2.24) is 5.16 Å². The van der Waals surface area contributed by atoms with E-state index in [4.69, 9.17) is 9.26 Å². The molecular weight excluding hydrogens is 364 g/mol. The lowest BCUT2D eigenvalue weighted by molar-refractivity contribution is 0.281. The van der Waals surface area contributed by atoms with Gasteiger partial charge in [-0.1, -0.05) is 23.4 Å². The van der Waals surface area contributed by atoms with Gasteiger partial charge in [-0.2, -0.15) is 0 Å². The summed E-state index contributed by atoms with van der Waals surface area (Å²) < 4.78 is 38.6. The van der Waals surface area contributed by atoms with Crippen LogP contribution in [-0.4, -0.2) is 10.3 Å². The van der Waals surface area contributed by atoms with E-state index in [1.807, 2.05) is 30.3 Å². The van der Waals surface area contributed by atoms with E-state index in [-0.39, 0.29) is 16.9 Å². The minimum absolute atomic E-state index is 0.000822. The number of aliphatic hydroxyl groups is 1. The summed E-state index contributed by atoms with van der Waals surface area (Å²) in [5.74, 6) is 0.0576. The van der Waals surface area contributed by atoms with Crippen LogP contribution in [0.5, 0.6) is 11.5 Å². The molecule has 0 atom stereocenters. The Morgan fingerprint density at radius 3 is 2.32 bits per heavy atom. The molecule has 3 aromatic carbocycles. The molecule has 0 radical (unpaired) electrons. The Morgan fingerprint density at radius 1 is 0.893 bits per heavy atom. The highest BCUT2D eigenvalue weighted by molar-refractivity contribution is 5.73. The maximum atomic E-state index is 14.1. The Kier molecular flexibility index (Phi) is 4.87. The number of ether oxygens (including phenoxy) is 1. The van der Waals surface area contributed by atoms with Gasteiger partial charge in [0.15, 0.2) is 5.76 Å². The number of hydrogen-bond donors (Lipinski definition) is 1. The van der Waals surface area contributed by atoms with Crippen molar-refractivity contribution >= 4 is 0 Å². The Labute approximate surface area is 159 Å². The van der Waals surface area contributed by atoms with Crippen LogP contribution in [0.3, 0.4) is 0 Å². The van der Waals surface area contributed by atoms with Gasteiger partial charge in [0.25, 0.3) is 0 Å². The molecule has 0 aliphatic rings. The molecule has 0 saturated heterocycles. The molecule has 4 aromatic rings. The number of benzene rings is 3. The first-order valence-electron chi connectivity index (χ1n) is 8.54. The van der Waals surface area contributed by atoms with E-state index >= 15 is 0 Å². The quantitative estimate of drug-likeness (QED) is 0.492. The fraction of sp³-hybridized carbons (Fsp3) is 0.0455. The Bertz CT molecular complexity index is 1090. The molecule has 0 bridgehead atoms. The summed E-state index contributed by atoms with van der Waals surface area (Å²) in [7, 11) is 0. The van der Waals surface area contributed by atoms with Crippen LogP contribution in [0.25, 0.3) is 22.6 Å². The largest absolute Gasteiger partial charge is 0.457 e. The Balaban J connectivity index is 1.66. The van der Waals surface area contributed by atoms with E-state index in [0.717, 1.165) is 18.2 Å². The molecule has 0 fully saturated rings. The molecule has 28 heavy (non-hydrogen) atoms. The summed E-state index contributed by atoms with van der Waals surface area (Å²) in [6.07, 6.45) is 0. The summed E-state index contributed by atoms with van der Waals surface area (Å²) in [5, 5.41) is 13.7. The Morgan fingerprint density at radius 2 is 1.61 bits per heavy atom. The van der Waals surface area contributed by atoms with Gasteiger partial charge in [-0.15, -0.1) is 0 Å². The first kappa shape index (κ1) is 17.9. The molecule has 1 N–H and O–H groups in total. The van der Waals surface area contributed by atoms with E-state index in [9.17, 15) is 13.9 Å². The van der Waals surface area contributed by atoms with Gasteiger partial charge in [-0.05, 0) is 54.6 Å². The summed E-state index contributed by atoms with van der Waals surface area (Å²) in [6.45, 7) is -0.438. The van der Waals surface area contributed by atoms with Crippen LogP contribution in [0, 0.1) is 11.6 Å². The number of nitrogens with zero attached hydrogens (tertiary/aromatic N) is 1. The first-order chi connectivity index (χ1) is 13.7. The molecule has 0 aliphatic heterocycles. The lowest BCUT2D eigenvalue weighted by atomic mass is 10.0. The number of aliphatic hydroxyl groups excluding tert-OH is 1. The van der Waals surface area contributed by atoms with Gasteiger partial charge in [-0.3, -0.25) is 0 Å². The SMILES string of the molecule is OCc1c(-c2ccc(Oc3ccccc3)cc2)noc1-c1cc(F)ccc1F. The minimum Gasteiger partial charge on any atom is -0.457 e. The van der Waals surface area contributed by atoms with Gasteiger partial charge in [0.2, 0.25) is 0 Å². The minimum atomic E-state index is -0.662. The third-order valence-electron chi connectivity index (χ3n) is 4.23. The summed E-state index contributed by atoms with van der Waals surface area (Å²) in [5.41, 5.74) is 1.19. The molecule has 0 aliphatic carbocycles. The number of hydrogen-bond acceptors (Lipinski definition) is 4. The normalized spacial score (nSPS) is 10.8. The topological polar surface area (TPSA) is 55.5 Å². The van der Waals surface area contributed by atoms with Crippen molar-refractivity contribution in [1.29, 1.82) is 0 Å². The predicted octanol–water partition coefficient (Wildman–Crippen LogP) is 5.57. The van der Waals surface area contributed by atoms with E-state index in [0.29, 0.717) is 22.8 Å². The molecule has 4 rings (SSSR count). The molecule has 1 aromatic heterocycles. The molecule has 4 nitrogen and oxygen atoms in total. The molecule has 0 spiro atoms. The highest BCUT2D eigenvalue weighted by Gasteiger charge is 2.21. The average molecular weight is 379 g/mol. The summed E-state index contributed by atoms with van der Waals surface area (Å²) >= 11 is 0. The zero-order chi connectivity index (χ0) is 19.5. The van der Waals surface area contributed by atoms with Gasteiger partial charge in [0.05, 0.1) is 17.7 Å². The first-order valence-corrected chi connectivity index (χ1v) is 8.54. The van der Waals surface area contributed by atoms with Gasteiger partial charge < -0.3 is 14.4 Å². The van der Waals surface area contributed by atoms with Crippen molar-refractivity contribution in [2.75, 3.05) is 0 Å². The predicted molar refractivity (Wildman–Crippen MR) is 99.7 cm³/mol. The fourth-order valence-electron chi connectivity index (χ4n) is 2.87. The van der Waals surface area contributed by atoms with Crippen molar-refractivity contribution in [3.63, 3.8) is 0 Å². The van der Waals surface area contributed by atoms with Crippen molar-refractivity contribution in [2.45, 2.75) is 6.61 Å². The third kappa shape index (κ3) is 3.50. The second kappa shape index (κ2) is 7.62. The van der Waals surface area contributed by atoms with E-state index in [1.165, 1.54) is 0 Å². The van der Waals surface area contributed by atoms with Gasteiger partial charge in [0.1, 0.15) is 28.8 Å². The molecule has 0 unspecified atom stereocenters. The van der Waals surface area contributed by atoms with Gasteiger partial charge in [0, 0.05) is 5.56 Å². The monoisotopic (exact) mass is 379 g/mol. The Hall–Kier alpha value is -3.51. The van der Waals surface area contributed by atoms with Crippen molar-refractivity contribution in [3.05, 3.63) is 90.0 Å².